The third-order valence-electron chi connectivity index (χ3n) is 3.13. The first-order valence-electron chi connectivity index (χ1n) is 6.65. The molecule has 1 atom stereocenters. The molecule has 1 heterocycles. The molecular weight excluding hydrogens is 349 g/mol. The molecule has 0 aromatic heterocycles. The van der Waals surface area contributed by atoms with Crippen LogP contribution < -0.4 is 15.5 Å². The standard InChI is InChI=1S/C14H20ClN3O2.2ClH/c1-18(2)13-4-3-10(15)7-12(13)17-14(19)8-11-9-16-5-6-20-11;;/h3-4,7,11,16H,5-6,8-9H2,1-2H3,(H,17,19);2*1H. The minimum atomic E-state index is -0.0657. The van der Waals surface area contributed by atoms with E-state index in [1.165, 1.54) is 0 Å². The van der Waals surface area contributed by atoms with Crippen molar-refractivity contribution in [3.63, 3.8) is 0 Å². The van der Waals surface area contributed by atoms with Crippen molar-refractivity contribution < 1.29 is 9.53 Å². The van der Waals surface area contributed by atoms with Crippen LogP contribution in [0.5, 0.6) is 0 Å². The molecule has 1 amide bonds. The summed E-state index contributed by atoms with van der Waals surface area (Å²) in [6.07, 6.45) is 0.276. The van der Waals surface area contributed by atoms with Gasteiger partial charge in [-0.15, -0.1) is 24.8 Å². The molecule has 1 aliphatic rings. The predicted octanol–water partition coefficient (Wildman–Crippen LogP) is 2.57. The third kappa shape index (κ3) is 6.18. The van der Waals surface area contributed by atoms with Gasteiger partial charge in [0.2, 0.25) is 5.91 Å². The summed E-state index contributed by atoms with van der Waals surface area (Å²) >= 11 is 5.99. The lowest BCUT2D eigenvalue weighted by Crippen LogP contribution is -2.40. The van der Waals surface area contributed by atoms with Gasteiger partial charge in [0, 0.05) is 32.2 Å². The molecule has 22 heavy (non-hydrogen) atoms. The van der Waals surface area contributed by atoms with Crippen molar-refractivity contribution in [2.75, 3.05) is 44.0 Å². The second-order valence-corrected chi connectivity index (χ2v) is 5.44. The normalized spacial score (nSPS) is 17.0. The van der Waals surface area contributed by atoms with E-state index in [0.717, 1.165) is 17.9 Å². The van der Waals surface area contributed by atoms with Crippen LogP contribution in [-0.2, 0) is 9.53 Å². The first kappa shape index (κ1) is 21.3. The molecule has 2 N–H and O–H groups in total. The lowest BCUT2D eigenvalue weighted by molar-refractivity contribution is -0.119. The molecule has 0 radical (unpaired) electrons. The van der Waals surface area contributed by atoms with E-state index in [-0.39, 0.29) is 36.8 Å². The van der Waals surface area contributed by atoms with E-state index in [1.54, 1.807) is 12.1 Å². The smallest absolute Gasteiger partial charge is 0.227 e. The predicted molar refractivity (Wildman–Crippen MR) is 96.1 cm³/mol. The average molecular weight is 371 g/mol. The highest BCUT2D eigenvalue weighted by Crippen LogP contribution is 2.28. The number of rotatable bonds is 4. The van der Waals surface area contributed by atoms with Crippen molar-refractivity contribution >= 4 is 53.7 Å². The first-order chi connectivity index (χ1) is 9.56. The molecule has 0 aliphatic carbocycles. The summed E-state index contributed by atoms with van der Waals surface area (Å²) in [6, 6.07) is 5.45. The number of carbonyl (C=O) groups excluding carboxylic acids is 1. The van der Waals surface area contributed by atoms with Gasteiger partial charge in [-0.05, 0) is 18.2 Å². The Bertz CT molecular complexity index is 480. The van der Waals surface area contributed by atoms with Gasteiger partial charge in [0.1, 0.15) is 0 Å². The van der Waals surface area contributed by atoms with Crippen LogP contribution in [0.15, 0.2) is 18.2 Å². The van der Waals surface area contributed by atoms with Gasteiger partial charge >= 0.3 is 0 Å². The van der Waals surface area contributed by atoms with Gasteiger partial charge in [0.05, 0.1) is 30.5 Å². The molecule has 1 aromatic carbocycles. The van der Waals surface area contributed by atoms with Crippen molar-refractivity contribution in [3.8, 4) is 0 Å². The number of nitrogens with zero attached hydrogens (tertiary/aromatic N) is 1. The van der Waals surface area contributed by atoms with E-state index in [1.807, 2.05) is 25.1 Å². The molecule has 8 heteroatoms. The van der Waals surface area contributed by atoms with Gasteiger partial charge < -0.3 is 20.3 Å². The van der Waals surface area contributed by atoms with Gasteiger partial charge in [0.15, 0.2) is 0 Å². The zero-order chi connectivity index (χ0) is 14.5. The number of carbonyl (C=O) groups is 1. The maximum atomic E-state index is 12.1. The molecule has 1 unspecified atom stereocenters. The first-order valence-corrected chi connectivity index (χ1v) is 7.03. The topological polar surface area (TPSA) is 53.6 Å². The van der Waals surface area contributed by atoms with E-state index < -0.39 is 0 Å². The number of ether oxygens (including phenoxy) is 1. The Morgan fingerprint density at radius 3 is 2.77 bits per heavy atom. The molecule has 1 aromatic rings. The van der Waals surface area contributed by atoms with Crippen molar-refractivity contribution in [1.82, 2.24) is 5.32 Å². The average Bonchev–Trinajstić information content (AvgIpc) is 2.39. The van der Waals surface area contributed by atoms with Crippen LogP contribution in [-0.4, -0.2) is 45.8 Å². The summed E-state index contributed by atoms with van der Waals surface area (Å²) in [5.74, 6) is -0.0657. The van der Waals surface area contributed by atoms with Crippen LogP contribution in [0.2, 0.25) is 5.02 Å². The molecule has 1 fully saturated rings. The molecule has 0 bridgehead atoms. The molecule has 126 valence electrons. The number of hydrogen-bond acceptors (Lipinski definition) is 4. The van der Waals surface area contributed by atoms with Crippen molar-refractivity contribution in [2.45, 2.75) is 12.5 Å². The van der Waals surface area contributed by atoms with E-state index in [2.05, 4.69) is 10.6 Å². The number of benzene rings is 1. The maximum absolute atomic E-state index is 12.1. The Hall–Kier alpha value is -0.720. The van der Waals surface area contributed by atoms with Crippen LogP contribution in [0.3, 0.4) is 0 Å². The minimum absolute atomic E-state index is 0. The summed E-state index contributed by atoms with van der Waals surface area (Å²) in [4.78, 5) is 14.0. The number of morpholine rings is 1. The van der Waals surface area contributed by atoms with E-state index >= 15 is 0 Å². The molecule has 1 saturated heterocycles. The second-order valence-electron chi connectivity index (χ2n) is 5.01. The Morgan fingerprint density at radius 2 is 2.18 bits per heavy atom. The summed E-state index contributed by atoms with van der Waals surface area (Å²) in [6.45, 7) is 2.21. The van der Waals surface area contributed by atoms with Crippen LogP contribution in [0.4, 0.5) is 11.4 Å². The van der Waals surface area contributed by atoms with Gasteiger partial charge in [-0.25, -0.2) is 0 Å². The lowest BCUT2D eigenvalue weighted by Gasteiger charge is -2.24. The maximum Gasteiger partial charge on any atom is 0.227 e. The monoisotopic (exact) mass is 369 g/mol. The molecule has 2 rings (SSSR count). The molecule has 0 saturated carbocycles. The lowest BCUT2D eigenvalue weighted by atomic mass is 10.2. The highest BCUT2D eigenvalue weighted by molar-refractivity contribution is 6.31. The van der Waals surface area contributed by atoms with Gasteiger partial charge in [0.25, 0.3) is 0 Å². The van der Waals surface area contributed by atoms with Gasteiger partial charge in [-0.3, -0.25) is 4.79 Å². The highest BCUT2D eigenvalue weighted by Gasteiger charge is 2.18. The molecule has 1 aliphatic heterocycles. The third-order valence-corrected chi connectivity index (χ3v) is 3.37. The fraction of sp³-hybridized carbons (Fsp3) is 0.500. The number of hydrogen-bond donors (Lipinski definition) is 2. The van der Waals surface area contributed by atoms with E-state index in [0.29, 0.717) is 24.6 Å². The Labute approximate surface area is 148 Å². The number of amides is 1. The Kier molecular flexibility index (Phi) is 9.80. The van der Waals surface area contributed by atoms with Crippen LogP contribution in [0, 0.1) is 0 Å². The molecule has 0 spiro atoms. The van der Waals surface area contributed by atoms with Crippen molar-refractivity contribution in [1.29, 1.82) is 0 Å². The Morgan fingerprint density at radius 1 is 1.45 bits per heavy atom. The minimum Gasteiger partial charge on any atom is -0.376 e. The zero-order valence-electron chi connectivity index (χ0n) is 12.6. The number of anilines is 2. The summed E-state index contributed by atoms with van der Waals surface area (Å²) in [7, 11) is 3.85. The SMILES string of the molecule is CN(C)c1ccc(Cl)cc1NC(=O)CC1CNCCO1.Cl.Cl. The fourth-order valence-corrected chi connectivity index (χ4v) is 2.33. The quantitative estimate of drug-likeness (QED) is 0.855. The second kappa shape index (κ2) is 10.1. The van der Waals surface area contributed by atoms with Gasteiger partial charge in [-0.2, -0.15) is 0 Å². The Balaban J connectivity index is 0.00000220. The summed E-state index contributed by atoms with van der Waals surface area (Å²) < 4.78 is 5.53. The van der Waals surface area contributed by atoms with Crippen molar-refractivity contribution in [2.24, 2.45) is 0 Å². The van der Waals surface area contributed by atoms with E-state index in [9.17, 15) is 4.79 Å². The van der Waals surface area contributed by atoms with Gasteiger partial charge in [-0.1, -0.05) is 11.6 Å². The number of nitrogens with one attached hydrogen (secondary N) is 2. The number of halogens is 3. The largest absolute Gasteiger partial charge is 0.376 e. The zero-order valence-corrected chi connectivity index (χ0v) is 15.0. The highest BCUT2D eigenvalue weighted by atomic mass is 35.5. The fourth-order valence-electron chi connectivity index (χ4n) is 2.16. The van der Waals surface area contributed by atoms with Crippen LogP contribution in [0.1, 0.15) is 6.42 Å². The van der Waals surface area contributed by atoms with E-state index in [4.69, 9.17) is 16.3 Å². The van der Waals surface area contributed by atoms with Crippen LogP contribution >= 0.6 is 36.4 Å². The molecule has 5 nitrogen and oxygen atoms in total. The summed E-state index contributed by atoms with van der Waals surface area (Å²) in [5.41, 5.74) is 1.64. The summed E-state index contributed by atoms with van der Waals surface area (Å²) in [5, 5.41) is 6.71. The molecular formula is C14H22Cl3N3O2. The van der Waals surface area contributed by atoms with Crippen molar-refractivity contribution in [3.05, 3.63) is 23.2 Å². The van der Waals surface area contributed by atoms with Crippen LogP contribution in [0.25, 0.3) is 0 Å².